The summed E-state index contributed by atoms with van der Waals surface area (Å²) in [5, 5.41) is 6.53. The van der Waals surface area contributed by atoms with E-state index < -0.39 is 19.2 Å². The van der Waals surface area contributed by atoms with Crippen molar-refractivity contribution in [2.75, 3.05) is 24.3 Å². The second-order valence-corrected chi connectivity index (χ2v) is 9.73. The molecule has 0 bridgehead atoms. The molecule has 0 fully saturated rings. The summed E-state index contributed by atoms with van der Waals surface area (Å²) in [7, 11) is -3.86. The molecule has 170 valence electrons. The molecule has 1 unspecified atom stereocenters. The maximum absolute atomic E-state index is 13.9. The van der Waals surface area contributed by atoms with Gasteiger partial charge in [-0.1, -0.05) is 66.7 Å². The molecule has 1 amide bonds. The Bertz CT molecular complexity index is 1340. The Labute approximate surface area is 193 Å². The van der Waals surface area contributed by atoms with Crippen molar-refractivity contribution in [3.8, 4) is 0 Å². The Balaban J connectivity index is 1.83. The Kier molecular flexibility index (Phi) is 6.80. The number of benzene rings is 4. The third-order valence-corrected chi connectivity index (χ3v) is 7.86. The third-order valence-electron chi connectivity index (χ3n) is 5.48. The number of rotatable bonds is 8. The Morgan fingerprint density at radius 2 is 1.45 bits per heavy atom. The van der Waals surface area contributed by atoms with E-state index in [0.717, 1.165) is 21.5 Å². The number of nitrogens with one attached hydrogen (secondary N) is 1. The van der Waals surface area contributed by atoms with Gasteiger partial charge in [0.2, 0.25) is 5.91 Å². The number of carbonyl (C=O) groups is 1. The van der Waals surface area contributed by atoms with Crippen LogP contribution >= 0.6 is 7.60 Å². The van der Waals surface area contributed by atoms with Crippen LogP contribution in [0.25, 0.3) is 21.5 Å². The first-order chi connectivity index (χ1) is 16.0. The molecule has 3 N–H and O–H groups in total. The highest BCUT2D eigenvalue weighted by atomic mass is 31.2. The van der Waals surface area contributed by atoms with Crippen molar-refractivity contribution in [3.05, 3.63) is 84.4 Å². The van der Waals surface area contributed by atoms with Crippen LogP contribution in [0.15, 0.2) is 78.9 Å². The number of hydrogen-bond donors (Lipinski definition) is 2. The summed E-state index contributed by atoms with van der Waals surface area (Å²) in [5.41, 5.74) is 6.52. The van der Waals surface area contributed by atoms with Gasteiger partial charge in [0.15, 0.2) is 5.66 Å². The molecule has 6 nitrogen and oxygen atoms in total. The summed E-state index contributed by atoms with van der Waals surface area (Å²) in [6.45, 7) is 3.74. The van der Waals surface area contributed by atoms with Crippen molar-refractivity contribution in [1.29, 1.82) is 0 Å². The van der Waals surface area contributed by atoms with E-state index >= 15 is 0 Å². The number of nitrogens with two attached hydrogens (primary N) is 1. The van der Waals surface area contributed by atoms with Gasteiger partial charge < -0.3 is 20.1 Å². The van der Waals surface area contributed by atoms with Crippen LogP contribution in [0.4, 0.5) is 11.4 Å². The first-order valence-electron chi connectivity index (χ1n) is 10.9. The van der Waals surface area contributed by atoms with Gasteiger partial charge in [-0.2, -0.15) is 0 Å². The van der Waals surface area contributed by atoms with Crippen LogP contribution in [-0.2, 0) is 18.4 Å². The SMILES string of the molecule is CCOP(=O)(OCC)C(C(=O)Nc1cc2ccccc2cc1N)c1cccc2ccccc12. The fourth-order valence-electron chi connectivity index (χ4n) is 4.06. The second-order valence-electron chi connectivity index (χ2n) is 7.62. The number of amides is 1. The van der Waals surface area contributed by atoms with Gasteiger partial charge in [0.05, 0.1) is 24.6 Å². The zero-order valence-corrected chi connectivity index (χ0v) is 19.5. The number of hydrogen-bond acceptors (Lipinski definition) is 5. The molecule has 4 aromatic carbocycles. The Hall–Kier alpha value is -3.18. The van der Waals surface area contributed by atoms with Crippen molar-refractivity contribution < 1.29 is 18.4 Å². The zero-order chi connectivity index (χ0) is 23.4. The summed E-state index contributed by atoms with van der Waals surface area (Å²) in [6.07, 6.45) is 0. The summed E-state index contributed by atoms with van der Waals surface area (Å²) in [4.78, 5) is 13.7. The van der Waals surface area contributed by atoms with E-state index in [2.05, 4.69) is 5.32 Å². The Morgan fingerprint density at radius 1 is 0.879 bits per heavy atom. The molecule has 0 saturated heterocycles. The van der Waals surface area contributed by atoms with Crippen molar-refractivity contribution in [2.24, 2.45) is 0 Å². The molecule has 0 spiro atoms. The first kappa shape index (κ1) is 23.0. The van der Waals surface area contributed by atoms with Gasteiger partial charge in [-0.3, -0.25) is 9.36 Å². The average Bonchev–Trinajstić information content (AvgIpc) is 2.80. The minimum absolute atomic E-state index is 0.143. The molecule has 0 saturated carbocycles. The van der Waals surface area contributed by atoms with Crippen LogP contribution < -0.4 is 11.1 Å². The second kappa shape index (κ2) is 9.75. The molecule has 33 heavy (non-hydrogen) atoms. The van der Waals surface area contributed by atoms with Crippen molar-refractivity contribution >= 4 is 46.4 Å². The topological polar surface area (TPSA) is 90.6 Å². The van der Waals surface area contributed by atoms with Gasteiger partial charge in [0.25, 0.3) is 0 Å². The van der Waals surface area contributed by atoms with E-state index in [1.54, 1.807) is 19.9 Å². The first-order valence-corrected chi connectivity index (χ1v) is 12.5. The molecule has 4 aromatic rings. The number of nitrogen functional groups attached to an aromatic ring is 1. The van der Waals surface area contributed by atoms with Crippen LogP contribution in [0.5, 0.6) is 0 Å². The van der Waals surface area contributed by atoms with E-state index in [9.17, 15) is 9.36 Å². The smallest absolute Gasteiger partial charge is 0.347 e. The highest BCUT2D eigenvalue weighted by Gasteiger charge is 2.43. The molecule has 0 radical (unpaired) electrons. The number of anilines is 2. The maximum atomic E-state index is 13.9. The lowest BCUT2D eigenvalue weighted by atomic mass is 10.0. The van der Waals surface area contributed by atoms with Gasteiger partial charge in [-0.05, 0) is 53.1 Å². The summed E-state index contributed by atoms with van der Waals surface area (Å²) < 4.78 is 25.2. The van der Waals surface area contributed by atoms with Crippen molar-refractivity contribution in [2.45, 2.75) is 19.5 Å². The molecule has 4 rings (SSSR count). The molecule has 0 aliphatic carbocycles. The fourth-order valence-corrected chi connectivity index (χ4v) is 6.07. The van der Waals surface area contributed by atoms with Crippen molar-refractivity contribution in [3.63, 3.8) is 0 Å². The minimum Gasteiger partial charge on any atom is -0.397 e. The fraction of sp³-hybridized carbons (Fsp3) is 0.192. The maximum Gasteiger partial charge on any atom is 0.347 e. The van der Waals surface area contributed by atoms with E-state index in [4.69, 9.17) is 14.8 Å². The summed E-state index contributed by atoms with van der Waals surface area (Å²) in [5.74, 6) is -0.501. The largest absolute Gasteiger partial charge is 0.397 e. The molecule has 7 heteroatoms. The highest BCUT2D eigenvalue weighted by Crippen LogP contribution is 2.62. The van der Waals surface area contributed by atoms with Crippen molar-refractivity contribution in [1.82, 2.24) is 0 Å². The molecule has 0 aromatic heterocycles. The molecular formula is C26H27N2O4P. The van der Waals surface area contributed by atoms with E-state index in [0.29, 0.717) is 16.9 Å². The summed E-state index contributed by atoms with van der Waals surface area (Å²) >= 11 is 0. The van der Waals surface area contributed by atoms with E-state index in [1.165, 1.54) is 0 Å². The number of fused-ring (bicyclic) bond motifs is 2. The van der Waals surface area contributed by atoms with Gasteiger partial charge in [0, 0.05) is 0 Å². The van der Waals surface area contributed by atoms with Gasteiger partial charge in [-0.15, -0.1) is 0 Å². The molecule has 0 heterocycles. The highest BCUT2D eigenvalue weighted by molar-refractivity contribution is 7.55. The number of carbonyl (C=O) groups excluding carboxylic acids is 1. The molecule has 1 atom stereocenters. The predicted octanol–water partition coefficient (Wildman–Crippen LogP) is 6.52. The predicted molar refractivity (Wildman–Crippen MR) is 135 cm³/mol. The normalized spacial score (nSPS) is 12.7. The quantitative estimate of drug-likeness (QED) is 0.230. The monoisotopic (exact) mass is 462 g/mol. The van der Waals surface area contributed by atoms with Gasteiger partial charge in [0.1, 0.15) is 0 Å². The standard InChI is InChI=1S/C26H27N2O4P/c1-3-31-33(30,32-4-2)25(22-15-9-13-18-10-7-8-14-21(18)22)26(29)28-24-17-20-12-6-5-11-19(20)16-23(24)27/h5-17,25H,3-4,27H2,1-2H3,(H,28,29). The molecular weight excluding hydrogens is 435 g/mol. The van der Waals surface area contributed by atoms with Gasteiger partial charge >= 0.3 is 7.60 Å². The lowest BCUT2D eigenvalue weighted by Gasteiger charge is -2.27. The minimum atomic E-state index is -3.86. The lowest BCUT2D eigenvalue weighted by molar-refractivity contribution is -0.116. The van der Waals surface area contributed by atoms with E-state index in [-0.39, 0.29) is 13.2 Å². The van der Waals surface area contributed by atoms with Crippen LogP contribution in [0, 0.1) is 0 Å². The Morgan fingerprint density at radius 3 is 2.12 bits per heavy atom. The zero-order valence-electron chi connectivity index (χ0n) is 18.7. The molecule has 0 aliphatic heterocycles. The van der Waals surface area contributed by atoms with Gasteiger partial charge in [-0.25, -0.2) is 0 Å². The van der Waals surface area contributed by atoms with Crippen LogP contribution in [0.2, 0.25) is 0 Å². The summed E-state index contributed by atoms with van der Waals surface area (Å²) in [6, 6.07) is 24.6. The molecule has 0 aliphatic rings. The third kappa shape index (κ3) is 4.64. The average molecular weight is 462 g/mol. The lowest BCUT2D eigenvalue weighted by Crippen LogP contribution is -2.24. The van der Waals surface area contributed by atoms with Crippen LogP contribution in [0.3, 0.4) is 0 Å². The van der Waals surface area contributed by atoms with E-state index in [1.807, 2.05) is 72.8 Å². The van der Waals surface area contributed by atoms with Crippen LogP contribution in [-0.4, -0.2) is 19.1 Å². The van der Waals surface area contributed by atoms with Crippen LogP contribution in [0.1, 0.15) is 25.1 Å².